The van der Waals surface area contributed by atoms with Gasteiger partial charge in [-0.25, -0.2) is 9.18 Å². The van der Waals surface area contributed by atoms with Crippen LogP contribution in [0.25, 0.3) is 0 Å². The summed E-state index contributed by atoms with van der Waals surface area (Å²) < 4.78 is 18.7. The van der Waals surface area contributed by atoms with Gasteiger partial charge in [-0.2, -0.15) is 0 Å². The van der Waals surface area contributed by atoms with Crippen LogP contribution in [0.15, 0.2) is 24.0 Å². The number of alkyl halides is 1. The van der Waals surface area contributed by atoms with Crippen molar-refractivity contribution in [1.82, 2.24) is 10.2 Å². The molecule has 2 rings (SSSR count). The molecule has 6 heteroatoms. The molecule has 2 N–H and O–H groups in total. The molecule has 0 aromatic rings. The number of hydrogen-bond acceptors (Lipinski definition) is 3. The average Bonchev–Trinajstić information content (AvgIpc) is 2.65. The molecule has 2 aliphatic heterocycles. The van der Waals surface area contributed by atoms with E-state index < -0.39 is 24.5 Å². The largest absolute Gasteiger partial charge is 0.394 e. The number of ether oxygens (including phenoxy) is 1. The van der Waals surface area contributed by atoms with E-state index in [2.05, 4.69) is 11.9 Å². The minimum absolute atomic E-state index is 0.0644. The van der Waals surface area contributed by atoms with Crippen molar-refractivity contribution in [3.8, 4) is 0 Å². The Labute approximate surface area is 98.5 Å². The van der Waals surface area contributed by atoms with Crippen molar-refractivity contribution in [2.45, 2.75) is 31.8 Å². The summed E-state index contributed by atoms with van der Waals surface area (Å²) in [6.45, 7) is 5.08. The molecule has 0 aromatic carbocycles. The van der Waals surface area contributed by atoms with E-state index in [0.717, 1.165) is 5.57 Å². The van der Waals surface area contributed by atoms with Crippen LogP contribution in [0.5, 0.6) is 0 Å². The molecule has 1 unspecified atom stereocenters. The van der Waals surface area contributed by atoms with Gasteiger partial charge in [0.05, 0.1) is 6.61 Å². The van der Waals surface area contributed by atoms with Crippen molar-refractivity contribution in [1.29, 1.82) is 0 Å². The predicted octanol–water partition coefficient (Wildman–Crippen LogP) is 0.875. The molecule has 0 bridgehead atoms. The van der Waals surface area contributed by atoms with Crippen LogP contribution < -0.4 is 5.32 Å². The number of allylic oxidation sites excluding steroid dienone is 1. The number of aliphatic hydroxyl groups is 1. The minimum Gasteiger partial charge on any atom is -0.394 e. The molecule has 0 saturated carbocycles. The van der Waals surface area contributed by atoms with Gasteiger partial charge in [0.25, 0.3) is 0 Å². The molecule has 0 spiro atoms. The first-order valence-corrected chi connectivity index (χ1v) is 5.40. The van der Waals surface area contributed by atoms with Crippen LogP contribution in [-0.2, 0) is 4.74 Å². The SMILES string of the molecule is C=C1NC(=O)N([C@H]2CC(F)[C@@H](CO)O2)C=C1C. The maximum atomic E-state index is 13.4. The summed E-state index contributed by atoms with van der Waals surface area (Å²) in [6.07, 6.45) is -1.14. The molecule has 0 aromatic heterocycles. The van der Waals surface area contributed by atoms with Gasteiger partial charge in [-0.3, -0.25) is 4.90 Å². The fourth-order valence-electron chi connectivity index (χ4n) is 1.87. The van der Waals surface area contributed by atoms with E-state index in [1.807, 2.05) is 0 Å². The summed E-state index contributed by atoms with van der Waals surface area (Å²) in [6, 6.07) is -0.392. The minimum atomic E-state index is -1.25. The van der Waals surface area contributed by atoms with E-state index in [1.54, 1.807) is 13.1 Å². The lowest BCUT2D eigenvalue weighted by molar-refractivity contribution is -0.0454. The molecule has 17 heavy (non-hydrogen) atoms. The van der Waals surface area contributed by atoms with Crippen molar-refractivity contribution < 1.29 is 19.0 Å². The van der Waals surface area contributed by atoms with E-state index >= 15 is 0 Å². The van der Waals surface area contributed by atoms with Gasteiger partial charge in [0, 0.05) is 18.3 Å². The number of carbonyl (C=O) groups excluding carboxylic acids is 1. The topological polar surface area (TPSA) is 61.8 Å². The molecular weight excluding hydrogens is 227 g/mol. The van der Waals surface area contributed by atoms with Crippen LogP contribution in [-0.4, -0.2) is 41.1 Å². The van der Waals surface area contributed by atoms with Crippen molar-refractivity contribution in [2.75, 3.05) is 6.61 Å². The van der Waals surface area contributed by atoms with Gasteiger partial charge >= 0.3 is 6.03 Å². The van der Waals surface area contributed by atoms with Gasteiger partial charge in [-0.1, -0.05) is 6.58 Å². The van der Waals surface area contributed by atoms with Gasteiger partial charge in [0.1, 0.15) is 18.5 Å². The quantitative estimate of drug-likeness (QED) is 0.755. The third kappa shape index (κ3) is 2.18. The zero-order valence-corrected chi connectivity index (χ0v) is 9.52. The molecule has 3 atom stereocenters. The average molecular weight is 242 g/mol. The molecule has 0 radical (unpaired) electrons. The molecule has 0 aliphatic carbocycles. The van der Waals surface area contributed by atoms with Crippen molar-refractivity contribution in [3.63, 3.8) is 0 Å². The highest BCUT2D eigenvalue weighted by Gasteiger charge is 2.40. The molecule has 2 amide bonds. The number of nitrogens with one attached hydrogen (secondary N) is 1. The van der Waals surface area contributed by atoms with Crippen molar-refractivity contribution in [3.05, 3.63) is 24.0 Å². The number of rotatable bonds is 2. The molecule has 94 valence electrons. The van der Waals surface area contributed by atoms with Crippen LogP contribution in [0.3, 0.4) is 0 Å². The van der Waals surface area contributed by atoms with Crippen LogP contribution in [0.1, 0.15) is 13.3 Å². The van der Waals surface area contributed by atoms with Gasteiger partial charge in [-0.15, -0.1) is 0 Å². The standard InChI is InChI=1S/C11H15FN2O3/c1-6-4-14(11(16)13-7(6)2)10-3-8(12)9(5-15)17-10/h4,8-10,15H,2-3,5H2,1H3,(H,13,16)/t8?,9-,10-/m1/s1. The number of nitrogens with zero attached hydrogens (tertiary/aromatic N) is 1. The highest BCUT2D eigenvalue weighted by atomic mass is 19.1. The second-order valence-corrected chi connectivity index (χ2v) is 4.19. The Bertz CT molecular complexity index is 383. The summed E-state index contributed by atoms with van der Waals surface area (Å²) in [5.41, 5.74) is 1.32. The maximum Gasteiger partial charge on any atom is 0.327 e. The molecule has 1 saturated heterocycles. The summed E-state index contributed by atoms with van der Waals surface area (Å²) in [4.78, 5) is 13.0. The Kier molecular flexibility index (Phi) is 3.17. The summed E-state index contributed by atoms with van der Waals surface area (Å²) in [7, 11) is 0. The van der Waals surface area contributed by atoms with E-state index in [4.69, 9.17) is 9.84 Å². The lowest BCUT2D eigenvalue weighted by atomic mass is 10.2. The Morgan fingerprint density at radius 3 is 3.06 bits per heavy atom. The summed E-state index contributed by atoms with van der Waals surface area (Å²) in [5.74, 6) is 0. The highest BCUT2D eigenvalue weighted by Crippen LogP contribution is 2.28. The van der Waals surface area contributed by atoms with Gasteiger partial charge in [-0.05, 0) is 12.5 Å². The zero-order chi connectivity index (χ0) is 12.6. The number of halogens is 1. The normalized spacial score (nSPS) is 33.7. The number of urea groups is 1. The Morgan fingerprint density at radius 1 is 1.76 bits per heavy atom. The Morgan fingerprint density at radius 2 is 2.47 bits per heavy atom. The summed E-state index contributed by atoms with van der Waals surface area (Å²) >= 11 is 0. The zero-order valence-electron chi connectivity index (χ0n) is 9.52. The summed E-state index contributed by atoms with van der Waals surface area (Å²) in [5, 5.41) is 11.5. The number of aliphatic hydroxyl groups excluding tert-OH is 1. The Hall–Kier alpha value is -1.40. The second-order valence-electron chi connectivity index (χ2n) is 4.19. The van der Waals surface area contributed by atoms with Crippen LogP contribution in [0.2, 0.25) is 0 Å². The third-order valence-electron chi connectivity index (χ3n) is 2.95. The van der Waals surface area contributed by atoms with Gasteiger partial charge in [0.2, 0.25) is 0 Å². The number of carbonyl (C=O) groups is 1. The fraction of sp³-hybridized carbons (Fsp3) is 0.545. The molecule has 2 heterocycles. The van der Waals surface area contributed by atoms with Gasteiger partial charge < -0.3 is 15.2 Å². The second kappa shape index (κ2) is 4.46. The highest BCUT2D eigenvalue weighted by molar-refractivity contribution is 5.80. The van der Waals surface area contributed by atoms with Gasteiger partial charge in [0.15, 0.2) is 0 Å². The Balaban J connectivity index is 2.13. The van der Waals surface area contributed by atoms with Crippen LogP contribution in [0, 0.1) is 0 Å². The monoisotopic (exact) mass is 242 g/mol. The first-order chi connectivity index (χ1) is 8.02. The fourth-order valence-corrected chi connectivity index (χ4v) is 1.87. The number of amides is 2. The third-order valence-corrected chi connectivity index (χ3v) is 2.95. The predicted molar refractivity (Wildman–Crippen MR) is 58.5 cm³/mol. The smallest absolute Gasteiger partial charge is 0.327 e. The lowest BCUT2D eigenvalue weighted by Gasteiger charge is -2.30. The molecule has 2 aliphatic rings. The number of hydrogen-bond donors (Lipinski definition) is 2. The van der Waals surface area contributed by atoms with E-state index in [1.165, 1.54) is 4.90 Å². The first kappa shape index (κ1) is 12.1. The molecular formula is C11H15FN2O3. The van der Waals surface area contributed by atoms with Crippen LogP contribution >= 0.6 is 0 Å². The van der Waals surface area contributed by atoms with E-state index in [9.17, 15) is 9.18 Å². The molecule has 1 fully saturated rings. The van der Waals surface area contributed by atoms with Crippen molar-refractivity contribution >= 4 is 6.03 Å². The van der Waals surface area contributed by atoms with E-state index in [-0.39, 0.29) is 13.0 Å². The van der Waals surface area contributed by atoms with Crippen molar-refractivity contribution in [2.24, 2.45) is 0 Å². The molecule has 5 nitrogen and oxygen atoms in total. The lowest BCUT2D eigenvalue weighted by Crippen LogP contribution is -2.45. The first-order valence-electron chi connectivity index (χ1n) is 5.40. The van der Waals surface area contributed by atoms with Crippen LogP contribution in [0.4, 0.5) is 9.18 Å². The van der Waals surface area contributed by atoms with E-state index in [0.29, 0.717) is 5.70 Å². The maximum absolute atomic E-state index is 13.4.